The molecule has 0 heterocycles. The van der Waals surface area contributed by atoms with Crippen LogP contribution in [-0.2, 0) is 4.79 Å². The average molecular weight is 223 g/mol. The molecular formula is C14H25NO. The highest BCUT2D eigenvalue weighted by molar-refractivity contribution is 5.79. The molecule has 0 bridgehead atoms. The fraction of sp³-hybridized carbons (Fsp3) is 0.786. The van der Waals surface area contributed by atoms with Crippen LogP contribution in [0.2, 0.25) is 0 Å². The first-order valence-electron chi connectivity index (χ1n) is 6.54. The van der Waals surface area contributed by atoms with Crippen molar-refractivity contribution < 1.29 is 4.79 Å². The smallest absolute Gasteiger partial charge is 0.134 e. The van der Waals surface area contributed by atoms with Crippen LogP contribution in [0.25, 0.3) is 0 Å². The van der Waals surface area contributed by atoms with E-state index in [1.165, 1.54) is 19.3 Å². The van der Waals surface area contributed by atoms with E-state index in [1.54, 1.807) is 0 Å². The molecule has 1 saturated carbocycles. The van der Waals surface area contributed by atoms with Gasteiger partial charge in [-0.25, -0.2) is 0 Å². The molecule has 0 amide bonds. The minimum Gasteiger partial charge on any atom is -0.314 e. The number of carbonyl (C=O) groups excluding carboxylic acids is 1. The zero-order valence-electron chi connectivity index (χ0n) is 10.6. The van der Waals surface area contributed by atoms with Crippen LogP contribution in [0.15, 0.2) is 12.7 Å². The summed E-state index contributed by atoms with van der Waals surface area (Å²) in [6, 6.07) is 0. The van der Waals surface area contributed by atoms with Gasteiger partial charge in [-0.1, -0.05) is 25.3 Å². The molecule has 0 radical (unpaired) electrons. The molecule has 0 aromatic heterocycles. The van der Waals surface area contributed by atoms with Crippen LogP contribution in [-0.4, -0.2) is 18.4 Å². The number of nitrogens with one attached hydrogen (secondary N) is 1. The summed E-state index contributed by atoms with van der Waals surface area (Å²) in [6.07, 6.45) is 11.4. The first-order chi connectivity index (χ1) is 7.72. The van der Waals surface area contributed by atoms with Gasteiger partial charge in [0, 0.05) is 18.4 Å². The van der Waals surface area contributed by atoms with Gasteiger partial charge in [0.2, 0.25) is 0 Å². The molecule has 2 heteroatoms. The third-order valence-corrected chi connectivity index (χ3v) is 3.74. The van der Waals surface area contributed by atoms with Crippen molar-refractivity contribution in [1.29, 1.82) is 0 Å². The number of Topliss-reactive ketones (excluding diaryl/α,β-unsaturated/α-hetero) is 1. The van der Waals surface area contributed by atoms with Gasteiger partial charge < -0.3 is 5.32 Å². The fourth-order valence-corrected chi connectivity index (χ4v) is 2.65. The van der Waals surface area contributed by atoms with E-state index >= 15 is 0 Å². The molecule has 2 nitrogen and oxygen atoms in total. The number of hydrogen-bond acceptors (Lipinski definition) is 2. The molecule has 1 fully saturated rings. The minimum atomic E-state index is 0.115. The van der Waals surface area contributed by atoms with E-state index in [-0.39, 0.29) is 5.54 Å². The van der Waals surface area contributed by atoms with E-state index in [1.807, 2.05) is 13.1 Å². The predicted molar refractivity (Wildman–Crippen MR) is 68.5 cm³/mol. The summed E-state index contributed by atoms with van der Waals surface area (Å²) in [5.74, 6) is 0.415. The molecule has 0 saturated heterocycles. The maximum atomic E-state index is 11.9. The zero-order valence-corrected chi connectivity index (χ0v) is 10.6. The van der Waals surface area contributed by atoms with Gasteiger partial charge in [0.1, 0.15) is 5.78 Å². The molecule has 0 atom stereocenters. The Morgan fingerprint density at radius 1 is 1.38 bits per heavy atom. The van der Waals surface area contributed by atoms with Gasteiger partial charge in [0.25, 0.3) is 0 Å². The summed E-state index contributed by atoms with van der Waals surface area (Å²) in [7, 11) is 2.00. The summed E-state index contributed by atoms with van der Waals surface area (Å²) in [5.41, 5.74) is 0.115. The minimum absolute atomic E-state index is 0.115. The van der Waals surface area contributed by atoms with Gasteiger partial charge >= 0.3 is 0 Å². The number of carbonyl (C=O) groups is 1. The highest BCUT2D eigenvalue weighted by Gasteiger charge is 2.31. The number of hydrogen-bond donors (Lipinski definition) is 1. The monoisotopic (exact) mass is 223 g/mol. The predicted octanol–water partition coefficient (Wildman–Crippen LogP) is 3.22. The van der Waals surface area contributed by atoms with E-state index in [9.17, 15) is 4.79 Å². The van der Waals surface area contributed by atoms with Crippen LogP contribution in [0.4, 0.5) is 0 Å². The lowest BCUT2D eigenvalue weighted by molar-refractivity contribution is -0.120. The number of rotatable bonds is 7. The van der Waals surface area contributed by atoms with E-state index in [0.717, 1.165) is 38.5 Å². The lowest BCUT2D eigenvalue weighted by atomic mass is 9.78. The van der Waals surface area contributed by atoms with Crippen LogP contribution >= 0.6 is 0 Å². The molecule has 0 aliphatic heterocycles. The van der Waals surface area contributed by atoms with Crippen molar-refractivity contribution in [3.05, 3.63) is 12.7 Å². The lowest BCUT2D eigenvalue weighted by Crippen LogP contribution is -2.46. The highest BCUT2D eigenvalue weighted by Crippen LogP contribution is 2.31. The Kier molecular flexibility index (Phi) is 5.75. The normalized spacial score (nSPS) is 19.3. The molecule has 92 valence electrons. The topological polar surface area (TPSA) is 29.1 Å². The van der Waals surface area contributed by atoms with Crippen LogP contribution in [0.5, 0.6) is 0 Å². The molecule has 0 unspecified atom stereocenters. The molecule has 1 N–H and O–H groups in total. The van der Waals surface area contributed by atoms with Crippen LogP contribution < -0.4 is 5.32 Å². The Bertz CT molecular complexity index is 229. The van der Waals surface area contributed by atoms with Crippen molar-refractivity contribution in [2.24, 2.45) is 0 Å². The second-order valence-electron chi connectivity index (χ2n) is 4.99. The molecule has 1 aliphatic carbocycles. The maximum Gasteiger partial charge on any atom is 0.134 e. The Morgan fingerprint density at radius 3 is 2.62 bits per heavy atom. The van der Waals surface area contributed by atoms with E-state index in [4.69, 9.17) is 0 Å². The van der Waals surface area contributed by atoms with Gasteiger partial charge in [0.05, 0.1) is 0 Å². The summed E-state index contributed by atoms with van der Waals surface area (Å²) < 4.78 is 0. The third-order valence-electron chi connectivity index (χ3n) is 3.74. The lowest BCUT2D eigenvalue weighted by Gasteiger charge is -2.36. The summed E-state index contributed by atoms with van der Waals surface area (Å²) in [4.78, 5) is 11.9. The molecule has 1 aliphatic rings. The molecule has 16 heavy (non-hydrogen) atoms. The second kappa shape index (κ2) is 6.85. The standard InChI is InChI=1S/C14H25NO/c1-3-4-6-9-13(16)12-14(15-2)10-7-5-8-11-14/h3,15H,1,4-12H2,2H3. The molecule has 0 aromatic carbocycles. The zero-order chi connectivity index (χ0) is 11.9. The average Bonchev–Trinajstić information content (AvgIpc) is 2.30. The fourth-order valence-electron chi connectivity index (χ4n) is 2.65. The van der Waals surface area contributed by atoms with Gasteiger partial charge in [-0.05, 0) is 32.7 Å². The Hall–Kier alpha value is -0.630. The van der Waals surface area contributed by atoms with Crippen molar-refractivity contribution in [2.45, 2.75) is 63.3 Å². The largest absolute Gasteiger partial charge is 0.314 e. The van der Waals surface area contributed by atoms with Gasteiger partial charge in [-0.15, -0.1) is 6.58 Å². The van der Waals surface area contributed by atoms with Crippen molar-refractivity contribution in [1.82, 2.24) is 5.32 Å². The van der Waals surface area contributed by atoms with Gasteiger partial charge in [-0.2, -0.15) is 0 Å². The van der Waals surface area contributed by atoms with Crippen LogP contribution in [0.3, 0.4) is 0 Å². The van der Waals surface area contributed by atoms with Gasteiger partial charge in [0.15, 0.2) is 0 Å². The van der Waals surface area contributed by atoms with Gasteiger partial charge in [-0.3, -0.25) is 4.79 Å². The molecule has 0 spiro atoms. The van der Waals surface area contributed by atoms with Crippen LogP contribution in [0, 0.1) is 0 Å². The van der Waals surface area contributed by atoms with Crippen molar-refractivity contribution in [3.63, 3.8) is 0 Å². The Labute approximate surface area is 99.5 Å². The third kappa shape index (κ3) is 4.09. The number of allylic oxidation sites excluding steroid dienone is 1. The molecule has 1 rings (SSSR count). The first kappa shape index (κ1) is 13.4. The Morgan fingerprint density at radius 2 is 2.06 bits per heavy atom. The SMILES string of the molecule is C=CCCCC(=O)CC1(NC)CCCCC1. The first-order valence-corrected chi connectivity index (χ1v) is 6.54. The summed E-state index contributed by atoms with van der Waals surface area (Å²) in [6.45, 7) is 3.68. The highest BCUT2D eigenvalue weighted by atomic mass is 16.1. The number of unbranched alkanes of at least 4 members (excludes halogenated alkanes) is 1. The van der Waals surface area contributed by atoms with E-state index in [0.29, 0.717) is 5.78 Å². The second-order valence-corrected chi connectivity index (χ2v) is 4.99. The maximum absolute atomic E-state index is 11.9. The summed E-state index contributed by atoms with van der Waals surface area (Å²) in [5, 5.41) is 3.40. The van der Waals surface area contributed by atoms with Crippen molar-refractivity contribution in [3.8, 4) is 0 Å². The van der Waals surface area contributed by atoms with E-state index in [2.05, 4.69) is 11.9 Å². The molecule has 0 aromatic rings. The Balaban J connectivity index is 2.36. The van der Waals surface area contributed by atoms with E-state index < -0.39 is 0 Å². The van der Waals surface area contributed by atoms with Crippen molar-refractivity contribution in [2.75, 3.05) is 7.05 Å². The molecular weight excluding hydrogens is 198 g/mol. The van der Waals surface area contributed by atoms with Crippen LogP contribution in [0.1, 0.15) is 57.8 Å². The number of ketones is 1. The quantitative estimate of drug-likeness (QED) is 0.530. The van der Waals surface area contributed by atoms with Crippen molar-refractivity contribution >= 4 is 5.78 Å². The summed E-state index contributed by atoms with van der Waals surface area (Å²) >= 11 is 0.